The van der Waals surface area contributed by atoms with E-state index in [0.29, 0.717) is 12.0 Å². The maximum Gasteiger partial charge on any atom is 0.0648 e. The molecule has 0 aliphatic heterocycles. The molecular weight excluding hydrogens is 246 g/mol. The second kappa shape index (κ2) is 6.23. The summed E-state index contributed by atoms with van der Waals surface area (Å²) in [5.74, 6) is 0.587. The van der Waals surface area contributed by atoms with E-state index in [-0.39, 0.29) is 0 Å². The number of para-hydroxylation sites is 1. The van der Waals surface area contributed by atoms with Crippen molar-refractivity contribution in [2.45, 2.75) is 44.6 Å². The maximum atomic E-state index is 4.53. The van der Waals surface area contributed by atoms with Gasteiger partial charge in [-0.25, -0.2) is 4.68 Å². The van der Waals surface area contributed by atoms with E-state index in [1.165, 1.54) is 31.4 Å². The van der Waals surface area contributed by atoms with E-state index in [1.54, 1.807) is 0 Å². The summed E-state index contributed by atoms with van der Waals surface area (Å²) in [6.45, 7) is 3.34. The highest BCUT2D eigenvalue weighted by atomic mass is 15.3. The number of aromatic nitrogens is 2. The highest BCUT2D eigenvalue weighted by Gasteiger charge is 2.30. The third-order valence-corrected chi connectivity index (χ3v) is 4.23. The molecule has 1 fully saturated rings. The van der Waals surface area contributed by atoms with Gasteiger partial charge in [-0.15, -0.1) is 0 Å². The lowest BCUT2D eigenvalue weighted by atomic mass is 9.99. The second-order valence-corrected chi connectivity index (χ2v) is 5.60. The molecule has 3 heteroatoms. The van der Waals surface area contributed by atoms with Crippen molar-refractivity contribution in [2.24, 2.45) is 0 Å². The molecule has 3 rings (SSSR count). The highest BCUT2D eigenvalue weighted by Crippen LogP contribution is 2.35. The van der Waals surface area contributed by atoms with E-state index in [0.717, 1.165) is 12.2 Å². The molecule has 1 N–H and O–H groups in total. The zero-order valence-corrected chi connectivity index (χ0v) is 12.1. The minimum absolute atomic E-state index is 0.587. The third kappa shape index (κ3) is 2.63. The van der Waals surface area contributed by atoms with Gasteiger partial charge in [-0.2, -0.15) is 5.10 Å². The van der Waals surface area contributed by atoms with E-state index in [1.807, 2.05) is 12.3 Å². The van der Waals surface area contributed by atoms with Crippen LogP contribution in [0.25, 0.3) is 5.69 Å². The summed E-state index contributed by atoms with van der Waals surface area (Å²) >= 11 is 0. The first-order chi connectivity index (χ1) is 9.90. The van der Waals surface area contributed by atoms with Crippen molar-refractivity contribution in [3.8, 4) is 5.69 Å². The van der Waals surface area contributed by atoms with Gasteiger partial charge in [0.05, 0.1) is 5.69 Å². The number of hydrogen-bond acceptors (Lipinski definition) is 2. The predicted molar refractivity (Wildman–Crippen MR) is 82.2 cm³/mol. The first kappa shape index (κ1) is 13.4. The molecular formula is C17H23N3. The van der Waals surface area contributed by atoms with Crippen molar-refractivity contribution >= 4 is 0 Å². The van der Waals surface area contributed by atoms with Crippen LogP contribution in [0.4, 0.5) is 0 Å². The maximum absolute atomic E-state index is 4.53. The van der Waals surface area contributed by atoms with E-state index < -0.39 is 0 Å². The van der Waals surface area contributed by atoms with Gasteiger partial charge in [0.15, 0.2) is 0 Å². The Bertz CT molecular complexity index is 532. The Morgan fingerprint density at radius 3 is 2.85 bits per heavy atom. The van der Waals surface area contributed by atoms with Crippen LogP contribution in [-0.2, 0) is 0 Å². The van der Waals surface area contributed by atoms with Crippen molar-refractivity contribution in [3.05, 3.63) is 48.3 Å². The quantitative estimate of drug-likeness (QED) is 0.900. The molecule has 1 aromatic heterocycles. The Kier molecular flexibility index (Phi) is 4.16. The van der Waals surface area contributed by atoms with Gasteiger partial charge in [0.1, 0.15) is 0 Å². The molecule has 0 amide bonds. The molecule has 0 radical (unpaired) electrons. The van der Waals surface area contributed by atoms with Gasteiger partial charge in [0.25, 0.3) is 0 Å². The van der Waals surface area contributed by atoms with E-state index in [4.69, 9.17) is 0 Å². The zero-order chi connectivity index (χ0) is 13.8. The molecule has 1 aromatic carbocycles. The predicted octanol–water partition coefficient (Wildman–Crippen LogP) is 3.51. The molecule has 106 valence electrons. The van der Waals surface area contributed by atoms with E-state index in [2.05, 4.69) is 52.4 Å². The van der Waals surface area contributed by atoms with Gasteiger partial charge >= 0.3 is 0 Å². The summed E-state index contributed by atoms with van der Waals surface area (Å²) in [5.41, 5.74) is 2.51. The smallest absolute Gasteiger partial charge is 0.0648 e. The normalized spacial score (nSPS) is 22.2. The summed E-state index contributed by atoms with van der Waals surface area (Å²) in [7, 11) is 0. The summed E-state index contributed by atoms with van der Waals surface area (Å²) < 4.78 is 2.11. The SMILES string of the molecule is CCCNC1CCCC1c1ccnn1-c1ccccc1. The molecule has 3 nitrogen and oxygen atoms in total. The van der Waals surface area contributed by atoms with Crippen LogP contribution in [0.1, 0.15) is 44.2 Å². The van der Waals surface area contributed by atoms with E-state index >= 15 is 0 Å². The summed E-state index contributed by atoms with van der Waals surface area (Å²) in [5, 5.41) is 8.24. The van der Waals surface area contributed by atoms with Crippen LogP contribution in [0.5, 0.6) is 0 Å². The summed E-state index contributed by atoms with van der Waals surface area (Å²) in [4.78, 5) is 0. The van der Waals surface area contributed by atoms with Crippen LogP contribution in [0.15, 0.2) is 42.6 Å². The molecule has 0 saturated heterocycles. The van der Waals surface area contributed by atoms with Gasteiger partial charge in [0, 0.05) is 23.9 Å². The lowest BCUT2D eigenvalue weighted by molar-refractivity contribution is 0.466. The fourth-order valence-corrected chi connectivity index (χ4v) is 3.27. The van der Waals surface area contributed by atoms with Crippen LogP contribution in [0.3, 0.4) is 0 Å². The Morgan fingerprint density at radius 1 is 1.20 bits per heavy atom. The third-order valence-electron chi connectivity index (χ3n) is 4.23. The van der Waals surface area contributed by atoms with Crippen LogP contribution < -0.4 is 5.32 Å². The largest absolute Gasteiger partial charge is 0.313 e. The van der Waals surface area contributed by atoms with Gasteiger partial charge < -0.3 is 5.32 Å². The fourth-order valence-electron chi connectivity index (χ4n) is 3.27. The van der Waals surface area contributed by atoms with Gasteiger partial charge in [0.2, 0.25) is 0 Å². The molecule has 2 unspecified atom stereocenters. The van der Waals surface area contributed by atoms with Crippen LogP contribution in [0.2, 0.25) is 0 Å². The zero-order valence-electron chi connectivity index (χ0n) is 12.1. The minimum Gasteiger partial charge on any atom is -0.313 e. The number of rotatable bonds is 5. The topological polar surface area (TPSA) is 29.9 Å². The Morgan fingerprint density at radius 2 is 2.05 bits per heavy atom. The lowest BCUT2D eigenvalue weighted by Gasteiger charge is -2.22. The second-order valence-electron chi connectivity index (χ2n) is 5.60. The lowest BCUT2D eigenvalue weighted by Crippen LogP contribution is -2.32. The highest BCUT2D eigenvalue weighted by molar-refractivity contribution is 5.33. The Labute approximate surface area is 121 Å². The number of benzene rings is 1. The molecule has 1 aliphatic carbocycles. The van der Waals surface area contributed by atoms with Gasteiger partial charge in [-0.05, 0) is 44.0 Å². The average molecular weight is 269 g/mol. The summed E-state index contributed by atoms with van der Waals surface area (Å²) in [6.07, 6.45) is 6.98. The molecule has 0 spiro atoms. The number of hydrogen-bond donors (Lipinski definition) is 1. The molecule has 1 aliphatic rings. The van der Waals surface area contributed by atoms with Crippen LogP contribution >= 0.6 is 0 Å². The molecule has 1 saturated carbocycles. The van der Waals surface area contributed by atoms with Crippen molar-refractivity contribution in [1.82, 2.24) is 15.1 Å². The molecule has 20 heavy (non-hydrogen) atoms. The van der Waals surface area contributed by atoms with Crippen molar-refractivity contribution in [3.63, 3.8) is 0 Å². The molecule has 1 heterocycles. The Hall–Kier alpha value is -1.61. The van der Waals surface area contributed by atoms with Gasteiger partial charge in [-0.1, -0.05) is 31.5 Å². The average Bonchev–Trinajstić information content (AvgIpc) is 3.14. The van der Waals surface area contributed by atoms with Crippen molar-refractivity contribution in [2.75, 3.05) is 6.54 Å². The number of nitrogens with zero attached hydrogens (tertiary/aromatic N) is 2. The first-order valence-electron chi connectivity index (χ1n) is 7.73. The standard InChI is InChI=1S/C17H23N3/c1-2-12-18-16-10-6-9-15(16)17-11-13-19-20(17)14-7-4-3-5-8-14/h3-5,7-8,11,13,15-16,18H,2,6,9-10,12H2,1H3. The van der Waals surface area contributed by atoms with Crippen LogP contribution in [0, 0.1) is 0 Å². The Balaban J connectivity index is 1.86. The molecule has 0 bridgehead atoms. The molecule has 2 aromatic rings. The molecule has 2 atom stereocenters. The van der Waals surface area contributed by atoms with Crippen molar-refractivity contribution < 1.29 is 0 Å². The van der Waals surface area contributed by atoms with E-state index in [9.17, 15) is 0 Å². The minimum atomic E-state index is 0.587. The number of nitrogens with one attached hydrogen (secondary N) is 1. The van der Waals surface area contributed by atoms with Crippen LogP contribution in [-0.4, -0.2) is 22.4 Å². The van der Waals surface area contributed by atoms with Crippen molar-refractivity contribution in [1.29, 1.82) is 0 Å². The monoisotopic (exact) mass is 269 g/mol. The van der Waals surface area contributed by atoms with Gasteiger partial charge in [-0.3, -0.25) is 0 Å². The first-order valence-corrected chi connectivity index (χ1v) is 7.73. The summed E-state index contributed by atoms with van der Waals surface area (Å²) in [6, 6.07) is 13.2. The fraction of sp³-hybridized carbons (Fsp3) is 0.471.